The number of hydrogen-bond donors (Lipinski definition) is 2. The second kappa shape index (κ2) is 4.25. The maximum atomic E-state index is 12.1. The quantitative estimate of drug-likeness (QED) is 0.804. The Bertz CT molecular complexity index is 500. The van der Waals surface area contributed by atoms with Crippen molar-refractivity contribution in [3.05, 3.63) is 23.3 Å². The van der Waals surface area contributed by atoms with E-state index in [0.29, 0.717) is 0 Å². The first kappa shape index (κ1) is 12.7. The molecule has 0 aliphatic rings. The molecule has 7 heteroatoms. The van der Waals surface area contributed by atoms with E-state index in [9.17, 15) is 17.2 Å². The van der Waals surface area contributed by atoms with Crippen LogP contribution in [0.3, 0.4) is 0 Å². The van der Waals surface area contributed by atoms with Crippen molar-refractivity contribution in [1.29, 1.82) is 0 Å². The third-order valence-corrected chi connectivity index (χ3v) is 3.13. The van der Waals surface area contributed by atoms with E-state index < -0.39 is 15.8 Å². The average Bonchev–Trinajstić information content (AvgIpc) is 2.13. The molecule has 0 atom stereocenters. The first-order valence-electron chi connectivity index (χ1n) is 4.40. The van der Waals surface area contributed by atoms with Crippen molar-refractivity contribution in [2.45, 2.75) is 19.6 Å². The minimum absolute atomic E-state index is 0.0246. The Hall–Kier alpha value is -1.37. The van der Waals surface area contributed by atoms with Gasteiger partial charge < -0.3 is 5.73 Å². The third-order valence-electron chi connectivity index (χ3n) is 2.15. The Balaban J connectivity index is 3.13. The number of aryl methyl sites for hydroxylation is 2. The molecule has 1 aromatic carbocycles. The van der Waals surface area contributed by atoms with Gasteiger partial charge in [0, 0.05) is 0 Å². The lowest BCUT2D eigenvalue weighted by molar-refractivity contribution is 0.236. The van der Waals surface area contributed by atoms with E-state index in [2.05, 4.69) is 0 Å². The molecule has 0 aliphatic carbocycles. The third kappa shape index (κ3) is 2.60. The van der Waals surface area contributed by atoms with Gasteiger partial charge in [-0.25, -0.2) is 8.42 Å². The monoisotopic (exact) mass is 250 g/mol. The summed E-state index contributed by atoms with van der Waals surface area (Å²) in [4.78, 5) is 0. The number of sulfonamides is 1. The second-order valence-corrected chi connectivity index (χ2v) is 5.08. The van der Waals surface area contributed by atoms with Gasteiger partial charge in [-0.15, -0.1) is 0 Å². The zero-order valence-electron chi connectivity index (χ0n) is 8.79. The number of nitrogens with one attached hydrogen (secondary N) is 1. The number of hydrogen-bond acceptors (Lipinski definition) is 3. The average molecular weight is 250 g/mol. The van der Waals surface area contributed by atoms with Crippen molar-refractivity contribution in [2.24, 2.45) is 0 Å². The maximum Gasteiger partial charge on any atom is 0.355 e. The Kier molecular flexibility index (Phi) is 3.37. The highest BCUT2D eigenvalue weighted by molar-refractivity contribution is 7.93. The van der Waals surface area contributed by atoms with Crippen LogP contribution in [0.25, 0.3) is 0 Å². The molecule has 0 aromatic heterocycles. The van der Waals surface area contributed by atoms with Gasteiger partial charge in [0.2, 0.25) is 0 Å². The summed E-state index contributed by atoms with van der Waals surface area (Å²) in [7, 11) is -4.67. The fourth-order valence-electron chi connectivity index (χ4n) is 1.12. The Labute approximate surface area is 92.5 Å². The van der Waals surface area contributed by atoms with Crippen LogP contribution in [0, 0.1) is 13.8 Å². The summed E-state index contributed by atoms with van der Waals surface area (Å²) in [5.41, 5.74) is 7.24. The molecule has 0 spiro atoms. The standard InChI is InChI=1S/C9H12F2N2O2S/c1-5-3-7(12)8(4-6(5)2)13-16(14,15)9(10)11/h3-4,9,13H,12H2,1-2H3. The summed E-state index contributed by atoms with van der Waals surface area (Å²) in [6, 6.07) is 2.95. The van der Waals surface area contributed by atoms with E-state index >= 15 is 0 Å². The lowest BCUT2D eigenvalue weighted by Gasteiger charge is -2.11. The van der Waals surface area contributed by atoms with Crippen molar-refractivity contribution in [2.75, 3.05) is 10.5 Å². The van der Waals surface area contributed by atoms with Gasteiger partial charge in [0.05, 0.1) is 11.4 Å². The fraction of sp³-hybridized carbons (Fsp3) is 0.333. The van der Waals surface area contributed by atoms with Gasteiger partial charge in [0.25, 0.3) is 10.0 Å². The summed E-state index contributed by atoms with van der Waals surface area (Å²) < 4.78 is 47.9. The van der Waals surface area contributed by atoms with E-state index in [1.807, 2.05) is 0 Å². The van der Waals surface area contributed by atoms with Gasteiger partial charge in [-0.1, -0.05) is 0 Å². The molecule has 0 saturated heterocycles. The number of benzene rings is 1. The molecule has 0 bridgehead atoms. The minimum Gasteiger partial charge on any atom is -0.397 e. The summed E-state index contributed by atoms with van der Waals surface area (Å²) in [6.45, 7) is 3.52. The normalized spacial score (nSPS) is 11.8. The topological polar surface area (TPSA) is 72.2 Å². The summed E-state index contributed by atoms with van der Waals surface area (Å²) in [5, 5.41) is 0. The van der Waals surface area contributed by atoms with E-state index in [0.717, 1.165) is 11.1 Å². The molecule has 1 aromatic rings. The summed E-state index contributed by atoms with van der Waals surface area (Å²) in [5.74, 6) is -3.48. The molecule has 4 nitrogen and oxygen atoms in total. The van der Waals surface area contributed by atoms with Gasteiger partial charge in [-0.3, -0.25) is 4.72 Å². The van der Waals surface area contributed by atoms with Gasteiger partial charge in [0.1, 0.15) is 0 Å². The van der Waals surface area contributed by atoms with Gasteiger partial charge in [-0.2, -0.15) is 8.78 Å². The largest absolute Gasteiger partial charge is 0.397 e. The number of halogens is 2. The van der Waals surface area contributed by atoms with Crippen LogP contribution < -0.4 is 10.5 Å². The van der Waals surface area contributed by atoms with E-state index in [4.69, 9.17) is 5.73 Å². The molecule has 90 valence electrons. The van der Waals surface area contributed by atoms with Crippen LogP contribution in [0.15, 0.2) is 12.1 Å². The van der Waals surface area contributed by atoms with Crippen LogP contribution in [-0.4, -0.2) is 14.2 Å². The van der Waals surface area contributed by atoms with E-state index in [-0.39, 0.29) is 11.4 Å². The number of rotatable bonds is 3. The summed E-state index contributed by atoms with van der Waals surface area (Å²) >= 11 is 0. The smallest absolute Gasteiger partial charge is 0.355 e. The Morgan fingerprint density at radius 3 is 2.25 bits per heavy atom. The number of nitrogen functional groups attached to an aromatic ring is 1. The molecule has 0 heterocycles. The predicted octanol–water partition coefficient (Wildman–Crippen LogP) is 1.85. The van der Waals surface area contributed by atoms with Gasteiger partial charge in [0.15, 0.2) is 0 Å². The van der Waals surface area contributed by atoms with Crippen LogP contribution in [0.2, 0.25) is 0 Å². The maximum absolute atomic E-state index is 12.1. The highest BCUT2D eigenvalue weighted by Gasteiger charge is 2.24. The SMILES string of the molecule is Cc1cc(N)c(NS(=O)(=O)C(F)F)cc1C. The molecule has 0 radical (unpaired) electrons. The highest BCUT2D eigenvalue weighted by Crippen LogP contribution is 2.25. The molecular formula is C9H12F2N2O2S. The van der Waals surface area contributed by atoms with Crippen LogP contribution in [0.1, 0.15) is 11.1 Å². The van der Waals surface area contributed by atoms with E-state index in [1.165, 1.54) is 12.1 Å². The molecule has 1 rings (SSSR count). The van der Waals surface area contributed by atoms with Crippen LogP contribution in [-0.2, 0) is 10.0 Å². The lowest BCUT2D eigenvalue weighted by Crippen LogP contribution is -2.21. The van der Waals surface area contributed by atoms with Gasteiger partial charge >= 0.3 is 5.76 Å². The van der Waals surface area contributed by atoms with Crippen LogP contribution in [0.5, 0.6) is 0 Å². The first-order chi connectivity index (χ1) is 7.24. The van der Waals surface area contributed by atoms with Crippen molar-refractivity contribution in [3.63, 3.8) is 0 Å². The lowest BCUT2D eigenvalue weighted by atomic mass is 10.1. The van der Waals surface area contributed by atoms with Crippen molar-refractivity contribution in [1.82, 2.24) is 0 Å². The number of nitrogens with two attached hydrogens (primary N) is 1. The molecule has 0 unspecified atom stereocenters. The molecule has 0 fully saturated rings. The van der Waals surface area contributed by atoms with E-state index in [1.54, 1.807) is 18.6 Å². The first-order valence-corrected chi connectivity index (χ1v) is 5.95. The zero-order chi connectivity index (χ0) is 12.5. The fourth-order valence-corrected chi connectivity index (χ4v) is 1.70. The number of anilines is 2. The highest BCUT2D eigenvalue weighted by atomic mass is 32.2. The van der Waals surface area contributed by atoms with Crippen LogP contribution in [0.4, 0.5) is 20.2 Å². The summed E-state index contributed by atoms with van der Waals surface area (Å²) in [6.07, 6.45) is 0. The number of alkyl halides is 2. The molecule has 0 amide bonds. The molecule has 0 aliphatic heterocycles. The van der Waals surface area contributed by atoms with Crippen molar-refractivity contribution < 1.29 is 17.2 Å². The molecule has 3 N–H and O–H groups in total. The predicted molar refractivity (Wildman–Crippen MR) is 58.9 cm³/mol. The Morgan fingerprint density at radius 1 is 1.25 bits per heavy atom. The van der Waals surface area contributed by atoms with Crippen molar-refractivity contribution >= 4 is 21.4 Å². The molecule has 0 saturated carbocycles. The van der Waals surface area contributed by atoms with Gasteiger partial charge in [-0.05, 0) is 37.1 Å². The molecular weight excluding hydrogens is 238 g/mol. The zero-order valence-corrected chi connectivity index (χ0v) is 9.61. The second-order valence-electron chi connectivity index (χ2n) is 3.43. The Morgan fingerprint density at radius 2 is 1.75 bits per heavy atom. The minimum atomic E-state index is -4.67. The van der Waals surface area contributed by atoms with Crippen molar-refractivity contribution in [3.8, 4) is 0 Å². The van der Waals surface area contributed by atoms with Crippen LogP contribution >= 0.6 is 0 Å². The molecule has 16 heavy (non-hydrogen) atoms.